The van der Waals surface area contributed by atoms with Crippen LogP contribution in [0.2, 0.25) is 0 Å². The molecule has 6 rings (SSSR count). The Morgan fingerprint density at radius 3 is 2.61 bits per heavy atom. The zero-order chi connectivity index (χ0) is 22.4. The Labute approximate surface area is 203 Å². The fourth-order valence-corrected chi connectivity index (χ4v) is 9.71. The summed E-state index contributed by atoms with van der Waals surface area (Å²) in [5, 5.41) is 1.25. The zero-order valence-corrected chi connectivity index (χ0v) is 20.5. The van der Waals surface area contributed by atoms with Crippen LogP contribution in [-0.2, 0) is 13.6 Å². The molecular weight excluding hydrogens is 448 g/mol. The lowest BCUT2D eigenvalue weighted by Crippen LogP contribution is -2.54. The fourth-order valence-electron chi connectivity index (χ4n) is 6.03. The van der Waals surface area contributed by atoms with E-state index in [1.165, 1.54) is 28.6 Å². The standard InChI is InChI=1S/C27H30N2O2S2/c1-2-20-21(16-25(30)29-23(17-31-26(20)29)18-9-4-3-5-10-18)27(32-13-8-14-33-27)24-15-19-11-6-7-12-22(19)28-24/h3-7,9-12,15,20-21,23,26,28H,2,8,13-14,16-17H2,1H3/t20-,21+,23-,26+/m0/s1. The molecule has 4 heterocycles. The molecule has 0 bridgehead atoms. The average molecular weight is 479 g/mol. The second-order valence-electron chi connectivity index (χ2n) is 9.32. The first-order valence-corrected chi connectivity index (χ1v) is 14.0. The van der Waals surface area contributed by atoms with E-state index >= 15 is 0 Å². The molecule has 33 heavy (non-hydrogen) atoms. The van der Waals surface area contributed by atoms with Gasteiger partial charge in [0.1, 0.15) is 10.3 Å². The van der Waals surface area contributed by atoms with Crippen molar-refractivity contribution in [3.63, 3.8) is 0 Å². The minimum atomic E-state index is -0.145. The highest BCUT2D eigenvalue weighted by Crippen LogP contribution is 2.61. The number of nitrogens with one attached hydrogen (secondary N) is 1. The second-order valence-corrected chi connectivity index (χ2v) is 12.3. The first-order valence-electron chi connectivity index (χ1n) is 12.0. The number of benzene rings is 2. The molecule has 0 saturated carbocycles. The predicted octanol–water partition coefficient (Wildman–Crippen LogP) is 6.16. The van der Waals surface area contributed by atoms with E-state index in [1.54, 1.807) is 0 Å². The number of thioether (sulfide) groups is 2. The van der Waals surface area contributed by atoms with Gasteiger partial charge in [0.15, 0.2) is 0 Å². The monoisotopic (exact) mass is 478 g/mol. The molecule has 4 nitrogen and oxygen atoms in total. The Balaban J connectivity index is 1.39. The van der Waals surface area contributed by atoms with Crippen molar-refractivity contribution in [2.75, 3.05) is 18.1 Å². The maximum absolute atomic E-state index is 13.7. The highest BCUT2D eigenvalue weighted by molar-refractivity contribution is 8.18. The van der Waals surface area contributed by atoms with Crippen LogP contribution in [0, 0.1) is 11.8 Å². The highest BCUT2D eigenvalue weighted by atomic mass is 32.2. The third-order valence-corrected chi connectivity index (χ3v) is 11.2. The number of nitrogens with zero attached hydrogens (tertiary/aromatic N) is 1. The van der Waals surface area contributed by atoms with Crippen LogP contribution in [0.15, 0.2) is 60.7 Å². The minimum absolute atomic E-state index is 0.0226. The number of aromatic amines is 1. The topological polar surface area (TPSA) is 45.3 Å². The van der Waals surface area contributed by atoms with Gasteiger partial charge in [0.2, 0.25) is 5.91 Å². The molecule has 1 amide bonds. The van der Waals surface area contributed by atoms with Crippen LogP contribution in [0.5, 0.6) is 0 Å². The van der Waals surface area contributed by atoms with Gasteiger partial charge in [0.05, 0.1) is 12.6 Å². The Morgan fingerprint density at radius 2 is 1.85 bits per heavy atom. The van der Waals surface area contributed by atoms with E-state index in [0.29, 0.717) is 18.9 Å². The number of rotatable bonds is 4. The molecule has 0 radical (unpaired) electrons. The first-order chi connectivity index (χ1) is 16.2. The van der Waals surface area contributed by atoms with Gasteiger partial charge in [-0.2, -0.15) is 0 Å². The van der Waals surface area contributed by atoms with Crippen molar-refractivity contribution in [3.8, 4) is 0 Å². The lowest BCUT2D eigenvalue weighted by molar-refractivity contribution is -0.153. The number of hydrogen-bond acceptors (Lipinski definition) is 4. The fraction of sp³-hybridized carbons (Fsp3) is 0.444. The number of piperidine rings is 1. The number of para-hydroxylation sites is 1. The van der Waals surface area contributed by atoms with Gasteiger partial charge in [-0.15, -0.1) is 23.5 Å². The first kappa shape index (κ1) is 21.6. The summed E-state index contributed by atoms with van der Waals surface area (Å²) < 4.78 is 6.29. The summed E-state index contributed by atoms with van der Waals surface area (Å²) in [4.78, 5) is 19.6. The summed E-state index contributed by atoms with van der Waals surface area (Å²) in [6.07, 6.45) is 2.66. The minimum Gasteiger partial charge on any atom is -0.357 e. The van der Waals surface area contributed by atoms with Gasteiger partial charge in [0.25, 0.3) is 0 Å². The number of hydrogen-bond donors (Lipinski definition) is 1. The summed E-state index contributed by atoms with van der Waals surface area (Å²) in [5.41, 5.74) is 3.62. The maximum atomic E-state index is 13.7. The van der Waals surface area contributed by atoms with Gasteiger partial charge in [-0.3, -0.25) is 4.79 Å². The summed E-state index contributed by atoms with van der Waals surface area (Å²) in [6, 6.07) is 21.2. The number of aromatic nitrogens is 1. The lowest BCUT2D eigenvalue weighted by atomic mass is 9.78. The van der Waals surface area contributed by atoms with Gasteiger partial charge in [-0.25, -0.2) is 0 Å². The Bertz CT molecular complexity index is 1110. The SMILES string of the molecule is CC[C@@H]1[C@H]2OC[C@@H](c3ccccc3)N2C(=O)C[C@H]1C1(c2cc3ccccc3[nH]2)SCCCS1. The largest absolute Gasteiger partial charge is 0.357 e. The van der Waals surface area contributed by atoms with Crippen LogP contribution in [0.3, 0.4) is 0 Å². The van der Waals surface area contributed by atoms with Crippen LogP contribution < -0.4 is 0 Å². The maximum Gasteiger partial charge on any atom is 0.225 e. The summed E-state index contributed by atoms with van der Waals surface area (Å²) >= 11 is 4.09. The van der Waals surface area contributed by atoms with Gasteiger partial charge >= 0.3 is 0 Å². The van der Waals surface area contributed by atoms with Crippen molar-refractivity contribution in [1.82, 2.24) is 9.88 Å². The Kier molecular flexibility index (Phi) is 5.71. The molecule has 172 valence electrons. The Hall–Kier alpha value is -1.89. The quantitative estimate of drug-likeness (QED) is 0.488. The van der Waals surface area contributed by atoms with Crippen LogP contribution >= 0.6 is 23.5 Å². The predicted molar refractivity (Wildman–Crippen MR) is 137 cm³/mol. The normalized spacial score (nSPS) is 29.4. The third-order valence-electron chi connectivity index (χ3n) is 7.57. The molecule has 2 aromatic carbocycles. The molecule has 3 saturated heterocycles. The number of ether oxygens (including phenoxy) is 1. The van der Waals surface area contributed by atoms with Crippen molar-refractivity contribution in [3.05, 3.63) is 71.9 Å². The molecule has 3 fully saturated rings. The van der Waals surface area contributed by atoms with Gasteiger partial charge in [0, 0.05) is 29.5 Å². The van der Waals surface area contributed by atoms with Crippen molar-refractivity contribution in [2.24, 2.45) is 11.8 Å². The summed E-state index contributed by atoms with van der Waals surface area (Å²) in [6.45, 7) is 2.85. The molecule has 0 unspecified atom stereocenters. The molecular formula is C27H30N2O2S2. The van der Waals surface area contributed by atoms with Crippen LogP contribution in [0.25, 0.3) is 10.9 Å². The van der Waals surface area contributed by atoms with E-state index < -0.39 is 0 Å². The average Bonchev–Trinajstić information content (AvgIpc) is 3.51. The molecule has 0 spiro atoms. The zero-order valence-electron chi connectivity index (χ0n) is 18.9. The van der Waals surface area contributed by atoms with Crippen LogP contribution in [0.4, 0.5) is 0 Å². The number of fused-ring (bicyclic) bond motifs is 2. The smallest absolute Gasteiger partial charge is 0.225 e. The summed E-state index contributed by atoms with van der Waals surface area (Å²) in [7, 11) is 0. The highest BCUT2D eigenvalue weighted by Gasteiger charge is 2.57. The lowest BCUT2D eigenvalue weighted by Gasteiger charge is -2.50. The van der Waals surface area contributed by atoms with Crippen LogP contribution in [0.1, 0.15) is 43.5 Å². The number of carbonyl (C=O) groups is 1. The van der Waals surface area contributed by atoms with E-state index in [1.807, 2.05) is 29.6 Å². The molecule has 1 aromatic heterocycles. The van der Waals surface area contributed by atoms with E-state index in [0.717, 1.165) is 17.9 Å². The number of H-pyrrole nitrogens is 1. The van der Waals surface area contributed by atoms with Gasteiger partial charge in [-0.05, 0) is 47.4 Å². The Morgan fingerprint density at radius 1 is 1.09 bits per heavy atom. The third kappa shape index (κ3) is 3.53. The van der Waals surface area contributed by atoms with Crippen molar-refractivity contribution in [2.45, 2.75) is 42.5 Å². The number of carbonyl (C=O) groups excluding carboxylic acids is 1. The molecule has 6 heteroatoms. The van der Waals surface area contributed by atoms with Crippen LogP contribution in [-0.4, -0.2) is 40.1 Å². The van der Waals surface area contributed by atoms with E-state index in [9.17, 15) is 4.79 Å². The molecule has 4 atom stereocenters. The second kappa shape index (κ2) is 8.71. The van der Waals surface area contributed by atoms with Crippen molar-refractivity contribution in [1.29, 1.82) is 0 Å². The molecule has 1 N–H and O–H groups in total. The van der Waals surface area contributed by atoms with E-state index in [2.05, 4.69) is 71.4 Å². The van der Waals surface area contributed by atoms with Gasteiger partial charge in [-0.1, -0.05) is 55.5 Å². The molecule has 3 aliphatic heterocycles. The molecule has 0 aliphatic carbocycles. The van der Waals surface area contributed by atoms with Crippen molar-refractivity contribution >= 4 is 40.3 Å². The van der Waals surface area contributed by atoms with Crippen molar-refractivity contribution < 1.29 is 9.53 Å². The van der Waals surface area contributed by atoms with E-state index in [4.69, 9.17) is 4.74 Å². The van der Waals surface area contributed by atoms with Gasteiger partial charge < -0.3 is 14.6 Å². The van der Waals surface area contributed by atoms with E-state index in [-0.39, 0.29) is 28.2 Å². The summed E-state index contributed by atoms with van der Waals surface area (Å²) in [5.74, 6) is 3.04. The molecule has 3 aliphatic rings. The molecule has 3 aromatic rings. The number of amides is 1.